The molecule has 0 saturated heterocycles. The predicted octanol–water partition coefficient (Wildman–Crippen LogP) is 3.44. The van der Waals surface area contributed by atoms with Crippen LogP contribution in [-0.4, -0.2) is 22.7 Å². The van der Waals surface area contributed by atoms with Crippen molar-refractivity contribution < 1.29 is 14.4 Å². The van der Waals surface area contributed by atoms with E-state index in [4.69, 9.17) is 0 Å². The van der Waals surface area contributed by atoms with Gasteiger partial charge >= 0.3 is 0 Å². The van der Waals surface area contributed by atoms with Crippen LogP contribution in [0.25, 0.3) is 0 Å². The Morgan fingerprint density at radius 1 is 0.926 bits per heavy atom. The number of aryl methyl sites for hydroxylation is 1. The van der Waals surface area contributed by atoms with E-state index in [1.807, 2.05) is 13.0 Å². The second-order valence-electron chi connectivity index (χ2n) is 6.21. The molecule has 0 bridgehead atoms. The Morgan fingerprint density at radius 3 is 2.15 bits per heavy atom. The smallest absolute Gasteiger partial charge is 0.266 e. The number of nitrogens with zero attached hydrogens (tertiary/aromatic N) is 2. The Hall–Kier alpha value is -3.80. The Balaban J connectivity index is 1.55. The summed E-state index contributed by atoms with van der Waals surface area (Å²) in [4.78, 5) is 42.6. The average Bonchev–Trinajstić information content (AvgIpc) is 2.93. The van der Waals surface area contributed by atoms with Gasteiger partial charge in [0, 0.05) is 11.8 Å². The lowest BCUT2D eigenvalue weighted by molar-refractivity contribution is 0.0925. The number of carbonyl (C=O) groups excluding carboxylic acids is 3. The van der Waals surface area contributed by atoms with E-state index in [2.05, 4.69) is 10.3 Å². The van der Waals surface area contributed by atoms with Gasteiger partial charge in [0.05, 0.1) is 16.8 Å². The van der Waals surface area contributed by atoms with Crippen LogP contribution in [0.1, 0.15) is 36.6 Å². The predicted molar refractivity (Wildman–Crippen MR) is 101 cm³/mol. The molecule has 0 unspecified atom stereocenters. The lowest BCUT2D eigenvalue weighted by Gasteiger charge is -2.14. The van der Waals surface area contributed by atoms with E-state index in [9.17, 15) is 14.4 Å². The molecule has 132 valence electrons. The summed E-state index contributed by atoms with van der Waals surface area (Å²) in [5, 5.41) is 2.72. The zero-order valence-corrected chi connectivity index (χ0v) is 14.5. The molecule has 4 rings (SSSR count). The SMILES string of the molecule is Cc1ccnc(NC(=O)c2ccc(N3C(=O)c4ccccc4C3=O)cc2)c1. The monoisotopic (exact) mass is 357 g/mol. The average molecular weight is 357 g/mol. The van der Waals surface area contributed by atoms with Gasteiger partial charge in [0.2, 0.25) is 0 Å². The number of nitrogens with one attached hydrogen (secondary N) is 1. The fraction of sp³-hybridized carbons (Fsp3) is 0.0476. The van der Waals surface area contributed by atoms with Crippen LogP contribution in [0.15, 0.2) is 66.9 Å². The molecular weight excluding hydrogens is 342 g/mol. The number of carbonyl (C=O) groups is 3. The first-order valence-electron chi connectivity index (χ1n) is 8.36. The van der Waals surface area contributed by atoms with E-state index in [0.29, 0.717) is 28.2 Å². The summed E-state index contributed by atoms with van der Waals surface area (Å²) in [6.07, 6.45) is 1.62. The number of amides is 3. The molecule has 27 heavy (non-hydrogen) atoms. The molecule has 0 fully saturated rings. The van der Waals surface area contributed by atoms with Crippen molar-refractivity contribution in [3.8, 4) is 0 Å². The minimum atomic E-state index is -0.364. The first-order valence-corrected chi connectivity index (χ1v) is 8.36. The number of benzene rings is 2. The van der Waals surface area contributed by atoms with E-state index >= 15 is 0 Å². The number of imide groups is 1. The minimum Gasteiger partial charge on any atom is -0.307 e. The quantitative estimate of drug-likeness (QED) is 0.728. The lowest BCUT2D eigenvalue weighted by Crippen LogP contribution is -2.29. The number of aromatic nitrogens is 1. The molecule has 0 saturated carbocycles. The van der Waals surface area contributed by atoms with E-state index in [0.717, 1.165) is 10.5 Å². The van der Waals surface area contributed by atoms with Crippen molar-refractivity contribution in [1.29, 1.82) is 0 Å². The van der Waals surface area contributed by atoms with E-state index in [-0.39, 0.29) is 17.7 Å². The number of fused-ring (bicyclic) bond motifs is 1. The van der Waals surface area contributed by atoms with Crippen LogP contribution in [0.3, 0.4) is 0 Å². The Kier molecular flexibility index (Phi) is 4.01. The third kappa shape index (κ3) is 2.97. The number of hydrogen-bond donors (Lipinski definition) is 1. The summed E-state index contributed by atoms with van der Waals surface area (Å²) >= 11 is 0. The number of pyridine rings is 1. The number of hydrogen-bond acceptors (Lipinski definition) is 4. The van der Waals surface area contributed by atoms with Crippen molar-refractivity contribution in [2.75, 3.05) is 10.2 Å². The van der Waals surface area contributed by atoms with Gasteiger partial charge in [0.15, 0.2) is 0 Å². The third-order valence-corrected chi connectivity index (χ3v) is 4.34. The summed E-state index contributed by atoms with van der Waals surface area (Å²) in [7, 11) is 0. The highest BCUT2D eigenvalue weighted by molar-refractivity contribution is 6.34. The van der Waals surface area contributed by atoms with Crippen molar-refractivity contribution in [3.05, 3.63) is 89.1 Å². The van der Waals surface area contributed by atoms with Gasteiger partial charge in [-0.1, -0.05) is 12.1 Å². The zero-order chi connectivity index (χ0) is 19.0. The highest BCUT2D eigenvalue weighted by Gasteiger charge is 2.36. The van der Waals surface area contributed by atoms with Crippen molar-refractivity contribution >= 4 is 29.2 Å². The van der Waals surface area contributed by atoms with Gasteiger partial charge in [-0.15, -0.1) is 0 Å². The molecular formula is C21H15N3O3. The Morgan fingerprint density at radius 2 is 1.56 bits per heavy atom. The van der Waals surface area contributed by atoms with Crippen LogP contribution in [-0.2, 0) is 0 Å². The highest BCUT2D eigenvalue weighted by Crippen LogP contribution is 2.28. The molecule has 1 aliphatic rings. The van der Waals surface area contributed by atoms with E-state index in [1.165, 1.54) is 0 Å². The maximum Gasteiger partial charge on any atom is 0.266 e. The van der Waals surface area contributed by atoms with Gasteiger partial charge in [0.1, 0.15) is 5.82 Å². The fourth-order valence-electron chi connectivity index (χ4n) is 2.98. The molecule has 2 heterocycles. The summed E-state index contributed by atoms with van der Waals surface area (Å²) in [6, 6.07) is 16.6. The molecule has 3 amide bonds. The van der Waals surface area contributed by atoms with Gasteiger partial charge in [-0.25, -0.2) is 9.88 Å². The van der Waals surface area contributed by atoms with Crippen LogP contribution < -0.4 is 10.2 Å². The highest BCUT2D eigenvalue weighted by atomic mass is 16.2. The number of anilines is 2. The second kappa shape index (κ2) is 6.49. The fourth-order valence-corrected chi connectivity index (χ4v) is 2.98. The Bertz CT molecular complexity index is 1040. The first kappa shape index (κ1) is 16.7. The van der Waals surface area contributed by atoms with Crippen LogP contribution in [0.5, 0.6) is 0 Å². The number of rotatable bonds is 3. The first-order chi connectivity index (χ1) is 13.0. The van der Waals surface area contributed by atoms with Gasteiger partial charge < -0.3 is 5.32 Å². The van der Waals surface area contributed by atoms with Crippen molar-refractivity contribution in [2.24, 2.45) is 0 Å². The van der Waals surface area contributed by atoms with Crippen molar-refractivity contribution in [3.63, 3.8) is 0 Å². The van der Waals surface area contributed by atoms with E-state index < -0.39 is 0 Å². The van der Waals surface area contributed by atoms with Crippen LogP contribution in [0, 0.1) is 6.92 Å². The molecule has 0 radical (unpaired) electrons. The van der Waals surface area contributed by atoms with Crippen LogP contribution in [0.4, 0.5) is 11.5 Å². The van der Waals surface area contributed by atoms with Gasteiger partial charge in [0.25, 0.3) is 17.7 Å². The Labute approximate surface area is 155 Å². The van der Waals surface area contributed by atoms with Gasteiger partial charge in [-0.3, -0.25) is 14.4 Å². The lowest BCUT2D eigenvalue weighted by atomic mass is 10.1. The summed E-state index contributed by atoms with van der Waals surface area (Å²) < 4.78 is 0. The topological polar surface area (TPSA) is 79.4 Å². The zero-order valence-electron chi connectivity index (χ0n) is 14.5. The molecule has 6 heteroatoms. The molecule has 2 aromatic carbocycles. The summed E-state index contributed by atoms with van der Waals surface area (Å²) in [6.45, 7) is 1.91. The molecule has 1 aromatic heterocycles. The molecule has 6 nitrogen and oxygen atoms in total. The molecule has 0 spiro atoms. The van der Waals surface area contributed by atoms with Crippen LogP contribution in [0.2, 0.25) is 0 Å². The molecule has 0 atom stereocenters. The minimum absolute atomic E-state index is 0.318. The largest absolute Gasteiger partial charge is 0.307 e. The van der Waals surface area contributed by atoms with Gasteiger partial charge in [-0.05, 0) is 61.0 Å². The molecule has 1 aliphatic heterocycles. The second-order valence-corrected chi connectivity index (χ2v) is 6.21. The molecule has 0 aliphatic carbocycles. The molecule has 3 aromatic rings. The third-order valence-electron chi connectivity index (χ3n) is 4.34. The maximum absolute atomic E-state index is 12.5. The summed E-state index contributed by atoms with van der Waals surface area (Å²) in [5.41, 5.74) is 2.58. The van der Waals surface area contributed by atoms with Gasteiger partial charge in [-0.2, -0.15) is 0 Å². The standard InChI is InChI=1S/C21H15N3O3/c1-13-10-11-22-18(12-13)23-19(25)14-6-8-15(9-7-14)24-20(26)16-4-2-3-5-17(16)21(24)27/h2-12H,1H3,(H,22,23,25). The molecule has 1 N–H and O–H groups in total. The van der Waals surface area contributed by atoms with Crippen LogP contribution >= 0.6 is 0 Å². The van der Waals surface area contributed by atoms with Crippen molar-refractivity contribution in [1.82, 2.24) is 4.98 Å². The van der Waals surface area contributed by atoms with Crippen molar-refractivity contribution in [2.45, 2.75) is 6.92 Å². The normalized spacial score (nSPS) is 12.9. The van der Waals surface area contributed by atoms with E-state index in [1.54, 1.807) is 60.8 Å². The summed E-state index contributed by atoms with van der Waals surface area (Å²) in [5.74, 6) is -0.583. The maximum atomic E-state index is 12.5.